The van der Waals surface area contributed by atoms with Crippen LogP contribution in [0.3, 0.4) is 0 Å². The monoisotopic (exact) mass is 368 g/mol. The minimum absolute atomic E-state index is 0.203. The minimum Gasteiger partial charge on any atom is -0.315 e. The number of thiazole rings is 1. The third-order valence-electron chi connectivity index (χ3n) is 3.28. The molecule has 0 aliphatic carbocycles. The van der Waals surface area contributed by atoms with Crippen LogP contribution < -0.4 is 4.80 Å². The van der Waals surface area contributed by atoms with Crippen LogP contribution in [0.4, 0.5) is 4.39 Å². The number of carbonyl (C=O) groups is 1. The van der Waals surface area contributed by atoms with E-state index >= 15 is 0 Å². The predicted molar refractivity (Wildman–Crippen MR) is 91.8 cm³/mol. The summed E-state index contributed by atoms with van der Waals surface area (Å²) in [6.07, 6.45) is 0. The van der Waals surface area contributed by atoms with Crippen molar-refractivity contribution in [2.24, 2.45) is 4.99 Å². The number of fused-ring (bicyclic) bond motifs is 1. The summed E-state index contributed by atoms with van der Waals surface area (Å²) in [6.45, 7) is 2.53. The van der Waals surface area contributed by atoms with Crippen molar-refractivity contribution in [1.29, 1.82) is 0 Å². The Labute approximate surface area is 145 Å². The Morgan fingerprint density at radius 3 is 2.78 bits per heavy atom. The molecule has 0 aliphatic rings. The van der Waals surface area contributed by atoms with Crippen LogP contribution in [-0.4, -0.2) is 10.5 Å². The largest absolute Gasteiger partial charge is 0.315 e. The number of rotatable bonds is 2. The number of nitrogens with zero attached hydrogens (tertiary/aromatic N) is 2. The number of carbonyl (C=O) groups excluding carboxylic acids is 1. The molecule has 1 aromatic heterocycles. The SMILES string of the molecule is CCn1c(=NC(=O)c2cccc(F)c2)sc2cc(Cl)cc(Cl)c21. The van der Waals surface area contributed by atoms with Gasteiger partial charge in [0.25, 0.3) is 5.91 Å². The van der Waals surface area contributed by atoms with E-state index in [2.05, 4.69) is 4.99 Å². The molecule has 2 aromatic carbocycles. The molecule has 3 rings (SSSR count). The van der Waals surface area contributed by atoms with Crippen molar-refractivity contribution in [1.82, 2.24) is 4.57 Å². The van der Waals surface area contributed by atoms with E-state index in [9.17, 15) is 9.18 Å². The quantitative estimate of drug-likeness (QED) is 0.632. The molecule has 7 heteroatoms. The van der Waals surface area contributed by atoms with E-state index in [-0.39, 0.29) is 5.56 Å². The normalized spacial score (nSPS) is 12.1. The number of benzene rings is 2. The molecule has 0 bridgehead atoms. The van der Waals surface area contributed by atoms with Crippen molar-refractivity contribution in [3.63, 3.8) is 0 Å². The van der Waals surface area contributed by atoms with E-state index in [1.54, 1.807) is 12.1 Å². The van der Waals surface area contributed by atoms with Gasteiger partial charge in [0, 0.05) is 17.1 Å². The van der Waals surface area contributed by atoms with Gasteiger partial charge in [-0.05, 0) is 37.3 Å². The molecule has 0 fully saturated rings. The lowest BCUT2D eigenvalue weighted by molar-refractivity contribution is 0.0997. The van der Waals surface area contributed by atoms with Gasteiger partial charge in [-0.2, -0.15) is 4.99 Å². The van der Waals surface area contributed by atoms with Crippen molar-refractivity contribution < 1.29 is 9.18 Å². The lowest BCUT2D eigenvalue weighted by Crippen LogP contribution is -2.16. The molecular formula is C16H11Cl2FN2OS. The van der Waals surface area contributed by atoms with Crippen molar-refractivity contribution >= 4 is 50.7 Å². The highest BCUT2D eigenvalue weighted by atomic mass is 35.5. The lowest BCUT2D eigenvalue weighted by Gasteiger charge is -2.02. The number of aryl methyl sites for hydroxylation is 1. The first-order chi connectivity index (χ1) is 11.0. The average molecular weight is 369 g/mol. The van der Waals surface area contributed by atoms with Crippen LogP contribution in [0, 0.1) is 5.82 Å². The van der Waals surface area contributed by atoms with Crippen molar-refractivity contribution in [3.8, 4) is 0 Å². The van der Waals surface area contributed by atoms with Gasteiger partial charge in [0.05, 0.1) is 15.2 Å². The van der Waals surface area contributed by atoms with Gasteiger partial charge < -0.3 is 4.57 Å². The van der Waals surface area contributed by atoms with Gasteiger partial charge in [0.1, 0.15) is 5.82 Å². The van der Waals surface area contributed by atoms with Gasteiger partial charge in [-0.25, -0.2) is 4.39 Å². The van der Waals surface area contributed by atoms with Gasteiger partial charge in [-0.3, -0.25) is 4.79 Å². The van der Waals surface area contributed by atoms with Crippen LogP contribution in [0.5, 0.6) is 0 Å². The summed E-state index contributed by atoms with van der Waals surface area (Å²) in [7, 11) is 0. The molecule has 3 aromatic rings. The summed E-state index contributed by atoms with van der Waals surface area (Å²) in [5.41, 5.74) is 0.989. The van der Waals surface area contributed by atoms with Gasteiger partial charge >= 0.3 is 0 Å². The van der Waals surface area contributed by atoms with Crippen LogP contribution in [0.25, 0.3) is 10.2 Å². The average Bonchev–Trinajstić information content (AvgIpc) is 2.84. The summed E-state index contributed by atoms with van der Waals surface area (Å²) in [5.74, 6) is -0.971. The van der Waals surface area contributed by atoms with Crippen LogP contribution >= 0.6 is 34.5 Å². The lowest BCUT2D eigenvalue weighted by atomic mass is 10.2. The molecule has 0 spiro atoms. The fourth-order valence-corrected chi connectivity index (χ4v) is 4.16. The zero-order valence-corrected chi connectivity index (χ0v) is 14.3. The molecule has 118 valence electrons. The molecule has 3 nitrogen and oxygen atoms in total. The minimum atomic E-state index is -0.500. The fraction of sp³-hybridized carbons (Fsp3) is 0.125. The number of hydrogen-bond donors (Lipinski definition) is 0. The Hall–Kier alpha value is -1.69. The van der Waals surface area contributed by atoms with E-state index in [0.29, 0.717) is 21.4 Å². The van der Waals surface area contributed by atoms with Gasteiger partial charge in [-0.1, -0.05) is 40.6 Å². The second-order valence-electron chi connectivity index (χ2n) is 4.79. The summed E-state index contributed by atoms with van der Waals surface area (Å²) in [4.78, 5) is 16.9. The highest BCUT2D eigenvalue weighted by molar-refractivity contribution is 7.16. The molecule has 0 aliphatic heterocycles. The molecule has 0 unspecified atom stereocenters. The molecule has 0 saturated heterocycles. The van der Waals surface area contributed by atoms with Crippen LogP contribution in [0.1, 0.15) is 17.3 Å². The Balaban J connectivity index is 2.19. The molecule has 1 amide bonds. The van der Waals surface area contributed by atoms with Crippen LogP contribution in [-0.2, 0) is 6.54 Å². The van der Waals surface area contributed by atoms with E-state index in [4.69, 9.17) is 23.2 Å². The van der Waals surface area contributed by atoms with Gasteiger partial charge in [0.2, 0.25) is 0 Å². The zero-order valence-electron chi connectivity index (χ0n) is 12.0. The highest BCUT2D eigenvalue weighted by Crippen LogP contribution is 2.29. The zero-order chi connectivity index (χ0) is 16.6. The Morgan fingerprint density at radius 1 is 1.30 bits per heavy atom. The van der Waals surface area contributed by atoms with E-state index < -0.39 is 11.7 Å². The maximum Gasteiger partial charge on any atom is 0.279 e. The Kier molecular flexibility index (Phi) is 4.53. The Morgan fingerprint density at radius 2 is 2.09 bits per heavy atom. The smallest absolute Gasteiger partial charge is 0.279 e. The van der Waals surface area contributed by atoms with Gasteiger partial charge in [-0.15, -0.1) is 0 Å². The summed E-state index contributed by atoms with van der Waals surface area (Å²) in [6, 6.07) is 8.90. The van der Waals surface area contributed by atoms with Gasteiger partial charge in [0.15, 0.2) is 4.80 Å². The number of halogens is 3. The van der Waals surface area contributed by atoms with E-state index in [1.807, 2.05) is 11.5 Å². The van der Waals surface area contributed by atoms with E-state index in [0.717, 1.165) is 10.2 Å². The molecule has 0 radical (unpaired) electrons. The third kappa shape index (κ3) is 3.17. The number of aromatic nitrogens is 1. The molecular weight excluding hydrogens is 358 g/mol. The maximum absolute atomic E-state index is 13.2. The first-order valence-electron chi connectivity index (χ1n) is 6.82. The number of hydrogen-bond acceptors (Lipinski definition) is 2. The molecule has 0 N–H and O–H groups in total. The Bertz CT molecular complexity index is 978. The van der Waals surface area contributed by atoms with Crippen molar-refractivity contribution in [2.75, 3.05) is 0 Å². The topological polar surface area (TPSA) is 34.4 Å². The molecule has 0 atom stereocenters. The summed E-state index contributed by atoms with van der Waals surface area (Å²) in [5, 5.41) is 1.03. The van der Waals surface area contributed by atoms with Crippen LogP contribution in [0.2, 0.25) is 10.0 Å². The van der Waals surface area contributed by atoms with Crippen molar-refractivity contribution in [3.05, 3.63) is 62.6 Å². The first-order valence-corrected chi connectivity index (χ1v) is 8.40. The highest BCUT2D eigenvalue weighted by Gasteiger charge is 2.12. The molecule has 23 heavy (non-hydrogen) atoms. The number of amides is 1. The second kappa shape index (κ2) is 6.43. The molecule has 0 saturated carbocycles. The van der Waals surface area contributed by atoms with E-state index in [1.165, 1.54) is 35.6 Å². The van der Waals surface area contributed by atoms with Crippen molar-refractivity contribution in [2.45, 2.75) is 13.5 Å². The first kappa shape index (κ1) is 16.2. The predicted octanol–water partition coefficient (Wildman–Crippen LogP) is 4.91. The summed E-state index contributed by atoms with van der Waals surface area (Å²) < 4.78 is 15.9. The second-order valence-corrected chi connectivity index (χ2v) is 6.64. The fourth-order valence-electron chi connectivity index (χ4n) is 2.28. The molecule has 1 heterocycles. The summed E-state index contributed by atoms with van der Waals surface area (Å²) >= 11 is 13.6. The third-order valence-corrected chi connectivity index (χ3v) is 4.81. The maximum atomic E-state index is 13.2. The standard InChI is InChI=1S/C16H11Cl2FN2OS/c1-2-21-14-12(18)7-10(17)8-13(14)23-16(21)20-15(22)9-4-3-5-11(19)6-9/h3-8H,2H2,1H3. The van der Waals surface area contributed by atoms with Crippen LogP contribution in [0.15, 0.2) is 41.4 Å².